The quantitative estimate of drug-likeness (QED) is 0.250. The number of carbonyl (C=O) groups is 1. The highest BCUT2D eigenvalue weighted by atomic mass is 16.1. The molecule has 1 saturated carbocycles. The van der Waals surface area contributed by atoms with Gasteiger partial charge in [-0.3, -0.25) is 10.2 Å². The summed E-state index contributed by atoms with van der Waals surface area (Å²) in [6.45, 7) is 5.63. The molecule has 0 aromatic rings. The van der Waals surface area contributed by atoms with Gasteiger partial charge in [0.15, 0.2) is 0 Å². The van der Waals surface area contributed by atoms with E-state index in [0.29, 0.717) is 5.96 Å². The second-order valence-corrected chi connectivity index (χ2v) is 5.41. The van der Waals surface area contributed by atoms with E-state index in [-0.39, 0.29) is 12.0 Å². The van der Waals surface area contributed by atoms with Gasteiger partial charge in [0, 0.05) is 0 Å². The zero-order chi connectivity index (χ0) is 13.8. The third kappa shape index (κ3) is 3.35. The molecule has 0 aliphatic heterocycles. The zero-order valence-electron chi connectivity index (χ0n) is 11.5. The van der Waals surface area contributed by atoms with Crippen molar-refractivity contribution in [3.05, 3.63) is 0 Å². The molecule has 0 heterocycles. The number of guanidine groups is 1. The van der Waals surface area contributed by atoms with E-state index < -0.39 is 11.4 Å². The highest BCUT2D eigenvalue weighted by Crippen LogP contribution is 2.21. The average molecular weight is 255 g/mol. The molecule has 0 spiro atoms. The number of hydrogen-bond acceptors (Lipinski definition) is 3. The van der Waals surface area contributed by atoms with Gasteiger partial charge in [0.1, 0.15) is 5.54 Å². The van der Waals surface area contributed by atoms with Gasteiger partial charge in [-0.25, -0.2) is 10.8 Å². The van der Waals surface area contributed by atoms with Crippen molar-refractivity contribution in [3.63, 3.8) is 0 Å². The molecule has 0 radical (unpaired) electrons. The summed E-state index contributed by atoms with van der Waals surface area (Å²) in [6, 6.07) is 0.285. The SMILES string of the molecule is CC(C)C(C)(NC(=NC1CCCC1)NN)C(N)=O. The first kappa shape index (κ1) is 14.8. The summed E-state index contributed by atoms with van der Waals surface area (Å²) in [5.74, 6) is 5.53. The number of hydrazine groups is 1. The monoisotopic (exact) mass is 255 g/mol. The van der Waals surface area contributed by atoms with E-state index in [1.165, 1.54) is 12.8 Å². The van der Waals surface area contributed by atoms with Crippen molar-refractivity contribution in [2.75, 3.05) is 0 Å². The molecule has 6 nitrogen and oxygen atoms in total. The molecule has 1 fully saturated rings. The van der Waals surface area contributed by atoms with E-state index >= 15 is 0 Å². The van der Waals surface area contributed by atoms with Gasteiger partial charge in [-0.15, -0.1) is 0 Å². The maximum absolute atomic E-state index is 11.6. The fourth-order valence-corrected chi connectivity index (χ4v) is 2.06. The Hall–Kier alpha value is -1.30. The lowest BCUT2D eigenvalue weighted by atomic mass is 9.88. The summed E-state index contributed by atoms with van der Waals surface area (Å²) in [5.41, 5.74) is 7.13. The van der Waals surface area contributed by atoms with Crippen LogP contribution in [0.2, 0.25) is 0 Å². The number of nitrogens with two attached hydrogens (primary N) is 2. The van der Waals surface area contributed by atoms with Crippen LogP contribution < -0.4 is 22.3 Å². The van der Waals surface area contributed by atoms with Crippen LogP contribution in [0.4, 0.5) is 0 Å². The van der Waals surface area contributed by atoms with Gasteiger partial charge >= 0.3 is 0 Å². The van der Waals surface area contributed by atoms with E-state index in [1.54, 1.807) is 6.92 Å². The zero-order valence-corrected chi connectivity index (χ0v) is 11.5. The van der Waals surface area contributed by atoms with Crippen LogP contribution in [0.5, 0.6) is 0 Å². The van der Waals surface area contributed by atoms with Gasteiger partial charge in [-0.1, -0.05) is 26.7 Å². The van der Waals surface area contributed by atoms with Gasteiger partial charge in [0.2, 0.25) is 11.9 Å². The molecule has 1 amide bonds. The maximum Gasteiger partial charge on any atom is 0.243 e. The topological polar surface area (TPSA) is 106 Å². The Kier molecular flexibility index (Phi) is 4.95. The first-order valence-electron chi connectivity index (χ1n) is 6.52. The Morgan fingerprint density at radius 3 is 2.33 bits per heavy atom. The van der Waals surface area contributed by atoms with Crippen LogP contribution in [0.1, 0.15) is 46.5 Å². The summed E-state index contributed by atoms with van der Waals surface area (Å²) < 4.78 is 0. The largest absolute Gasteiger partial charge is 0.368 e. The second-order valence-electron chi connectivity index (χ2n) is 5.41. The number of rotatable bonds is 4. The van der Waals surface area contributed by atoms with Crippen molar-refractivity contribution in [1.29, 1.82) is 0 Å². The molecule has 6 heteroatoms. The molecule has 6 N–H and O–H groups in total. The third-order valence-electron chi connectivity index (χ3n) is 3.82. The molecule has 0 aromatic carbocycles. The van der Waals surface area contributed by atoms with Crippen molar-refractivity contribution in [2.45, 2.75) is 58.0 Å². The lowest BCUT2D eigenvalue weighted by Crippen LogP contribution is -2.62. The van der Waals surface area contributed by atoms with Crippen LogP contribution in [0, 0.1) is 5.92 Å². The van der Waals surface area contributed by atoms with Crippen molar-refractivity contribution in [1.82, 2.24) is 10.7 Å². The number of nitrogens with zero attached hydrogens (tertiary/aromatic N) is 1. The van der Waals surface area contributed by atoms with Gasteiger partial charge < -0.3 is 11.1 Å². The highest BCUT2D eigenvalue weighted by Gasteiger charge is 2.35. The molecule has 1 aliphatic rings. The van der Waals surface area contributed by atoms with E-state index in [2.05, 4.69) is 15.7 Å². The van der Waals surface area contributed by atoms with Gasteiger partial charge in [0.25, 0.3) is 0 Å². The molecule has 0 bridgehead atoms. The smallest absolute Gasteiger partial charge is 0.243 e. The summed E-state index contributed by atoms with van der Waals surface area (Å²) in [5, 5.41) is 3.05. The van der Waals surface area contributed by atoms with Crippen molar-refractivity contribution < 1.29 is 4.79 Å². The summed E-state index contributed by atoms with van der Waals surface area (Å²) in [6.07, 6.45) is 4.54. The highest BCUT2D eigenvalue weighted by molar-refractivity contribution is 5.91. The van der Waals surface area contributed by atoms with Crippen molar-refractivity contribution >= 4 is 11.9 Å². The average Bonchev–Trinajstić information content (AvgIpc) is 2.80. The molecule has 1 atom stereocenters. The van der Waals surface area contributed by atoms with E-state index in [0.717, 1.165) is 12.8 Å². The summed E-state index contributed by atoms with van der Waals surface area (Å²) in [7, 11) is 0. The predicted octanol–water partition coefficient (Wildman–Crippen LogP) is 0.238. The van der Waals surface area contributed by atoms with Crippen molar-refractivity contribution in [2.24, 2.45) is 22.5 Å². The number of primary amides is 1. The minimum Gasteiger partial charge on any atom is -0.368 e. The number of nitrogens with one attached hydrogen (secondary N) is 2. The maximum atomic E-state index is 11.6. The normalized spacial score (nSPS) is 20.8. The van der Waals surface area contributed by atoms with Gasteiger partial charge in [0.05, 0.1) is 6.04 Å². The Balaban J connectivity index is 2.79. The standard InChI is InChI=1S/C12H25N5O/c1-8(2)12(3,10(13)18)16-11(17-14)15-9-6-4-5-7-9/h8-9H,4-7,14H2,1-3H3,(H2,13,18)(H2,15,16,17). The minimum absolute atomic E-state index is 0.0390. The third-order valence-corrected chi connectivity index (χ3v) is 3.82. The molecule has 1 aliphatic carbocycles. The Labute approximate surface area is 109 Å². The minimum atomic E-state index is -0.857. The lowest BCUT2D eigenvalue weighted by Gasteiger charge is -2.32. The second kappa shape index (κ2) is 6.04. The van der Waals surface area contributed by atoms with E-state index in [4.69, 9.17) is 11.6 Å². The Morgan fingerprint density at radius 2 is 1.94 bits per heavy atom. The first-order valence-corrected chi connectivity index (χ1v) is 6.52. The number of hydrogen-bond donors (Lipinski definition) is 4. The molecule has 0 saturated heterocycles. The molecule has 104 valence electrons. The van der Waals surface area contributed by atoms with Gasteiger partial charge in [-0.05, 0) is 25.7 Å². The molecule has 0 aromatic heterocycles. The number of aliphatic imine (C=N–C) groups is 1. The van der Waals surface area contributed by atoms with Crippen LogP contribution in [0.3, 0.4) is 0 Å². The fourth-order valence-electron chi connectivity index (χ4n) is 2.06. The Morgan fingerprint density at radius 1 is 1.39 bits per heavy atom. The Bertz CT molecular complexity index is 322. The van der Waals surface area contributed by atoms with Crippen LogP contribution in [0.25, 0.3) is 0 Å². The van der Waals surface area contributed by atoms with Crippen LogP contribution in [-0.2, 0) is 4.79 Å². The number of carbonyl (C=O) groups excluding carboxylic acids is 1. The van der Waals surface area contributed by atoms with Crippen LogP contribution in [-0.4, -0.2) is 23.4 Å². The molecule has 1 unspecified atom stereocenters. The van der Waals surface area contributed by atoms with Crippen LogP contribution >= 0.6 is 0 Å². The molecule has 18 heavy (non-hydrogen) atoms. The number of amides is 1. The predicted molar refractivity (Wildman–Crippen MR) is 72.6 cm³/mol. The summed E-state index contributed by atoms with van der Waals surface area (Å²) >= 11 is 0. The first-order chi connectivity index (χ1) is 8.40. The molecular weight excluding hydrogens is 230 g/mol. The fraction of sp³-hybridized carbons (Fsp3) is 0.833. The lowest BCUT2D eigenvalue weighted by molar-refractivity contribution is -0.124. The van der Waals surface area contributed by atoms with Gasteiger partial charge in [-0.2, -0.15) is 0 Å². The molecule has 1 rings (SSSR count). The van der Waals surface area contributed by atoms with Crippen molar-refractivity contribution in [3.8, 4) is 0 Å². The summed E-state index contributed by atoms with van der Waals surface area (Å²) in [4.78, 5) is 16.1. The molecular formula is C12H25N5O. The van der Waals surface area contributed by atoms with E-state index in [1.807, 2.05) is 13.8 Å². The van der Waals surface area contributed by atoms with E-state index in [9.17, 15) is 4.79 Å². The van der Waals surface area contributed by atoms with Crippen LogP contribution in [0.15, 0.2) is 4.99 Å².